The summed E-state index contributed by atoms with van der Waals surface area (Å²) in [7, 11) is 0. The lowest BCUT2D eigenvalue weighted by molar-refractivity contribution is -0.218. The molecule has 2 aliphatic rings. The maximum atomic E-state index is 14.1. The Balaban J connectivity index is 1.85. The Hall–Kier alpha value is -1.57. The van der Waals surface area contributed by atoms with E-state index in [1.54, 1.807) is 0 Å². The van der Waals surface area contributed by atoms with Gasteiger partial charge in [-0.2, -0.15) is 9.78 Å². The highest BCUT2D eigenvalue weighted by atomic mass is 19.3. The molecule has 1 aromatic rings. The molecule has 1 unspecified atom stereocenters. The van der Waals surface area contributed by atoms with Crippen LogP contribution in [0.15, 0.2) is 12.7 Å². The number of carbonyl (C=O) groups excluding carboxylic acids is 1. The Labute approximate surface area is 115 Å². The fourth-order valence-electron chi connectivity index (χ4n) is 3.07. The lowest BCUT2D eigenvalue weighted by Gasteiger charge is -2.55. The van der Waals surface area contributed by atoms with E-state index in [2.05, 4.69) is 10.1 Å². The molecule has 8 heteroatoms. The number of alkyl halides is 2. The first-order valence-electron chi connectivity index (χ1n) is 6.66. The van der Waals surface area contributed by atoms with Crippen molar-refractivity contribution in [3.8, 4) is 0 Å². The fourth-order valence-corrected chi connectivity index (χ4v) is 3.07. The van der Waals surface area contributed by atoms with E-state index in [1.165, 1.54) is 17.6 Å². The maximum Gasteiger partial charge on any atom is 0.347 e. The molecule has 1 amide bonds. The van der Waals surface area contributed by atoms with Crippen molar-refractivity contribution in [2.45, 2.75) is 37.8 Å². The van der Waals surface area contributed by atoms with Crippen LogP contribution in [0.4, 0.5) is 13.6 Å². The van der Waals surface area contributed by atoms with Crippen LogP contribution in [0, 0.1) is 0 Å². The first-order chi connectivity index (χ1) is 9.37. The second-order valence-corrected chi connectivity index (χ2v) is 5.76. The Morgan fingerprint density at radius 3 is 2.60 bits per heavy atom. The van der Waals surface area contributed by atoms with Gasteiger partial charge in [0.2, 0.25) is 0 Å². The van der Waals surface area contributed by atoms with Crippen LogP contribution < -0.4 is 0 Å². The van der Waals surface area contributed by atoms with Gasteiger partial charge in [0.25, 0.3) is 5.92 Å². The highest BCUT2D eigenvalue weighted by molar-refractivity contribution is 5.78. The third kappa shape index (κ3) is 1.67. The van der Waals surface area contributed by atoms with Gasteiger partial charge in [0.15, 0.2) is 0 Å². The van der Waals surface area contributed by atoms with E-state index in [-0.39, 0.29) is 12.6 Å². The summed E-state index contributed by atoms with van der Waals surface area (Å²) in [5, 5.41) is 3.73. The zero-order valence-electron chi connectivity index (χ0n) is 11.5. The first-order valence-corrected chi connectivity index (χ1v) is 6.66. The predicted molar refractivity (Wildman–Crippen MR) is 66.5 cm³/mol. The summed E-state index contributed by atoms with van der Waals surface area (Å²) < 4.78 is 29.3. The first kappa shape index (κ1) is 13.4. The van der Waals surface area contributed by atoms with E-state index >= 15 is 0 Å². The van der Waals surface area contributed by atoms with Crippen LogP contribution in [-0.2, 0) is 0 Å². The van der Waals surface area contributed by atoms with E-state index in [9.17, 15) is 13.6 Å². The van der Waals surface area contributed by atoms with Crippen molar-refractivity contribution in [3.63, 3.8) is 0 Å². The Kier molecular flexibility index (Phi) is 2.82. The van der Waals surface area contributed by atoms with E-state index in [1.807, 2.05) is 18.7 Å². The molecule has 0 saturated carbocycles. The molecule has 0 radical (unpaired) electrons. The summed E-state index contributed by atoms with van der Waals surface area (Å²) in [5.41, 5.74) is -1.39. The number of hydrogen-bond acceptors (Lipinski definition) is 4. The number of halogens is 2. The predicted octanol–water partition coefficient (Wildman–Crippen LogP) is 1.05. The number of rotatable bonds is 1. The molecular formula is C12H17F2N5O. The number of amides is 1. The quantitative estimate of drug-likeness (QED) is 0.774. The number of nitrogens with zero attached hydrogens (tertiary/aromatic N) is 5. The summed E-state index contributed by atoms with van der Waals surface area (Å²) in [5.74, 6) is -2.84. The summed E-state index contributed by atoms with van der Waals surface area (Å²) >= 11 is 0. The largest absolute Gasteiger partial charge is 0.347 e. The molecule has 0 N–H and O–H groups in total. The minimum absolute atomic E-state index is 0.189. The molecule has 0 aliphatic carbocycles. The zero-order chi connectivity index (χ0) is 14.5. The van der Waals surface area contributed by atoms with Crippen LogP contribution in [0.5, 0.6) is 0 Å². The molecule has 2 saturated heterocycles. The molecule has 2 aliphatic heterocycles. The van der Waals surface area contributed by atoms with E-state index in [0.717, 1.165) is 4.68 Å². The minimum atomic E-state index is -2.84. The van der Waals surface area contributed by atoms with Gasteiger partial charge in [-0.25, -0.2) is 18.6 Å². The third-order valence-electron chi connectivity index (χ3n) is 4.41. The van der Waals surface area contributed by atoms with Gasteiger partial charge in [-0.05, 0) is 20.3 Å². The van der Waals surface area contributed by atoms with E-state index in [4.69, 9.17) is 0 Å². The number of hydrogen-bond donors (Lipinski definition) is 0. The number of likely N-dealkylation sites (tertiary alicyclic amines) is 2. The van der Waals surface area contributed by atoms with E-state index < -0.39 is 24.0 Å². The molecular weight excluding hydrogens is 268 g/mol. The average Bonchev–Trinajstić information content (AvgIpc) is 3.05. The molecule has 0 aromatic carbocycles. The molecule has 1 atom stereocenters. The topological polar surface area (TPSA) is 54.3 Å². The smallest absolute Gasteiger partial charge is 0.303 e. The third-order valence-corrected chi connectivity index (χ3v) is 4.41. The monoisotopic (exact) mass is 285 g/mol. The van der Waals surface area contributed by atoms with Crippen molar-refractivity contribution >= 4 is 6.03 Å². The van der Waals surface area contributed by atoms with Gasteiger partial charge >= 0.3 is 6.03 Å². The van der Waals surface area contributed by atoms with Gasteiger partial charge in [0, 0.05) is 19.1 Å². The van der Waals surface area contributed by atoms with Crippen LogP contribution in [0.1, 0.15) is 20.3 Å². The Morgan fingerprint density at radius 2 is 2.10 bits per heavy atom. The second-order valence-electron chi connectivity index (χ2n) is 5.76. The molecule has 20 heavy (non-hydrogen) atoms. The van der Waals surface area contributed by atoms with Crippen molar-refractivity contribution < 1.29 is 13.6 Å². The number of carbonyl (C=O) groups is 1. The van der Waals surface area contributed by atoms with Crippen LogP contribution >= 0.6 is 0 Å². The van der Waals surface area contributed by atoms with Crippen molar-refractivity contribution in [1.29, 1.82) is 0 Å². The van der Waals surface area contributed by atoms with Gasteiger partial charge in [-0.3, -0.25) is 4.90 Å². The van der Waals surface area contributed by atoms with E-state index in [0.29, 0.717) is 13.0 Å². The van der Waals surface area contributed by atoms with Gasteiger partial charge in [0.05, 0.1) is 6.54 Å². The summed E-state index contributed by atoms with van der Waals surface area (Å²) in [4.78, 5) is 19.2. The SMILES string of the molecule is CC(C)N1CCC2(C1)N(C(=O)n1cncn1)CC2(F)F. The lowest BCUT2D eigenvalue weighted by Crippen LogP contribution is -2.78. The van der Waals surface area contributed by atoms with Crippen LogP contribution in [0.2, 0.25) is 0 Å². The molecule has 1 spiro atoms. The van der Waals surface area contributed by atoms with Gasteiger partial charge in [0.1, 0.15) is 18.2 Å². The fraction of sp³-hybridized carbons (Fsp3) is 0.750. The van der Waals surface area contributed by atoms with Gasteiger partial charge in [-0.1, -0.05) is 0 Å². The van der Waals surface area contributed by atoms with Gasteiger partial charge < -0.3 is 4.90 Å². The highest BCUT2D eigenvalue weighted by Crippen LogP contribution is 2.50. The summed E-state index contributed by atoms with van der Waals surface area (Å²) in [6.07, 6.45) is 2.75. The summed E-state index contributed by atoms with van der Waals surface area (Å²) in [6, 6.07) is -0.340. The molecule has 3 heterocycles. The summed E-state index contributed by atoms with van der Waals surface area (Å²) in [6.45, 7) is 4.18. The number of aromatic nitrogens is 3. The lowest BCUT2D eigenvalue weighted by atomic mass is 9.80. The molecule has 6 nitrogen and oxygen atoms in total. The molecule has 1 aromatic heterocycles. The maximum absolute atomic E-state index is 14.1. The Bertz CT molecular complexity index is 518. The van der Waals surface area contributed by atoms with Crippen LogP contribution in [-0.4, -0.2) is 67.7 Å². The normalized spacial score (nSPS) is 29.1. The van der Waals surface area contributed by atoms with Crippen molar-refractivity contribution in [2.75, 3.05) is 19.6 Å². The van der Waals surface area contributed by atoms with Crippen LogP contribution in [0.3, 0.4) is 0 Å². The van der Waals surface area contributed by atoms with Crippen molar-refractivity contribution in [2.24, 2.45) is 0 Å². The average molecular weight is 285 g/mol. The second kappa shape index (κ2) is 4.21. The molecule has 2 fully saturated rings. The van der Waals surface area contributed by atoms with Gasteiger partial charge in [-0.15, -0.1) is 0 Å². The van der Waals surface area contributed by atoms with Crippen molar-refractivity contribution in [3.05, 3.63) is 12.7 Å². The highest BCUT2D eigenvalue weighted by Gasteiger charge is 2.71. The standard InChI is InChI=1S/C12H17F2N5O/c1-9(2)17-4-3-11(5-17)12(13,14)6-18(11)10(20)19-8-15-7-16-19/h7-9H,3-6H2,1-2H3. The molecule has 3 rings (SSSR count). The molecule has 0 bridgehead atoms. The van der Waals surface area contributed by atoms with Crippen LogP contribution in [0.25, 0.3) is 0 Å². The Morgan fingerprint density at radius 1 is 1.35 bits per heavy atom. The molecule has 110 valence electrons. The van der Waals surface area contributed by atoms with Crippen molar-refractivity contribution in [1.82, 2.24) is 24.6 Å². The minimum Gasteiger partial charge on any atom is -0.303 e. The zero-order valence-corrected chi connectivity index (χ0v) is 11.5.